The van der Waals surface area contributed by atoms with Gasteiger partial charge in [-0.25, -0.2) is 19.3 Å². The number of anilines is 1. The molecule has 2 aromatic heterocycles. The highest BCUT2D eigenvalue weighted by Crippen LogP contribution is 2.35. The summed E-state index contributed by atoms with van der Waals surface area (Å²) in [5.41, 5.74) is 1.69. The highest BCUT2D eigenvalue weighted by molar-refractivity contribution is 5.82. The molecular formula is C27H34FN7O4. The van der Waals surface area contributed by atoms with Crippen LogP contribution in [0.25, 0.3) is 22.6 Å². The van der Waals surface area contributed by atoms with E-state index >= 15 is 0 Å². The minimum absolute atomic E-state index is 0.00644. The van der Waals surface area contributed by atoms with E-state index in [0.29, 0.717) is 47.4 Å². The Bertz CT molecular complexity index is 1270. The number of imidazole rings is 1. The van der Waals surface area contributed by atoms with E-state index in [1.807, 2.05) is 0 Å². The number of carbonyl (C=O) groups is 1. The van der Waals surface area contributed by atoms with Crippen LogP contribution in [0.15, 0.2) is 36.5 Å². The summed E-state index contributed by atoms with van der Waals surface area (Å²) in [5.74, 6) is 0.520. The van der Waals surface area contributed by atoms with Crippen molar-refractivity contribution in [2.75, 3.05) is 64.5 Å². The number of benzene rings is 1. The number of amides is 1. The first kappa shape index (κ1) is 27.1. The molecule has 0 saturated carbocycles. The van der Waals surface area contributed by atoms with Crippen LogP contribution < -0.4 is 10.2 Å². The van der Waals surface area contributed by atoms with Gasteiger partial charge in [-0.2, -0.15) is 0 Å². The average Bonchev–Trinajstić information content (AvgIpc) is 3.40. The van der Waals surface area contributed by atoms with Crippen LogP contribution in [0.2, 0.25) is 0 Å². The smallest absolute Gasteiger partial charge is 0.230 e. The summed E-state index contributed by atoms with van der Waals surface area (Å²) in [6, 6.07) is 7.91. The van der Waals surface area contributed by atoms with E-state index in [4.69, 9.17) is 24.5 Å². The molecule has 0 spiro atoms. The third-order valence-electron chi connectivity index (χ3n) is 7.02. The lowest BCUT2D eigenvalue weighted by atomic mass is 9.91. The topological polar surface area (TPSA) is 129 Å². The summed E-state index contributed by atoms with van der Waals surface area (Å²) in [6.45, 7) is 5.93. The number of nitrogens with zero attached hydrogens (tertiary/aromatic N) is 5. The number of halogens is 1. The van der Waals surface area contributed by atoms with Crippen molar-refractivity contribution >= 4 is 11.9 Å². The van der Waals surface area contributed by atoms with Gasteiger partial charge in [0, 0.05) is 51.1 Å². The van der Waals surface area contributed by atoms with Crippen molar-refractivity contribution in [3.63, 3.8) is 0 Å². The van der Waals surface area contributed by atoms with E-state index in [9.17, 15) is 9.18 Å². The first-order valence-electron chi connectivity index (χ1n) is 13.1. The van der Waals surface area contributed by atoms with Gasteiger partial charge in [-0.15, -0.1) is 0 Å². The molecule has 2 aliphatic rings. The second-order valence-corrected chi connectivity index (χ2v) is 10.2. The number of likely N-dealkylation sites (N-methyl/N-ethyl adjacent to an activating group) is 1. The molecule has 0 aliphatic carbocycles. The monoisotopic (exact) mass is 539 g/mol. The van der Waals surface area contributed by atoms with Crippen LogP contribution in [-0.4, -0.2) is 95.4 Å². The van der Waals surface area contributed by atoms with E-state index in [2.05, 4.69) is 32.1 Å². The van der Waals surface area contributed by atoms with Gasteiger partial charge in [-0.3, -0.25) is 4.79 Å². The van der Waals surface area contributed by atoms with E-state index in [1.54, 1.807) is 31.3 Å². The molecule has 1 aromatic carbocycles. The fourth-order valence-electron chi connectivity index (χ4n) is 4.54. The van der Waals surface area contributed by atoms with Crippen molar-refractivity contribution in [2.24, 2.45) is 5.41 Å². The minimum Gasteiger partial charge on any atom is -0.396 e. The molecule has 2 saturated heterocycles. The van der Waals surface area contributed by atoms with Gasteiger partial charge in [0.15, 0.2) is 5.82 Å². The predicted octanol–water partition coefficient (Wildman–Crippen LogP) is 1.97. The largest absolute Gasteiger partial charge is 0.396 e. The number of H-pyrrole nitrogens is 1. The quantitative estimate of drug-likeness (QED) is 0.368. The molecule has 2 fully saturated rings. The second kappa shape index (κ2) is 11.7. The zero-order valence-corrected chi connectivity index (χ0v) is 22.2. The average molecular weight is 540 g/mol. The van der Waals surface area contributed by atoms with Crippen molar-refractivity contribution in [3.8, 4) is 22.6 Å². The van der Waals surface area contributed by atoms with Gasteiger partial charge in [0.05, 0.1) is 35.7 Å². The molecule has 5 rings (SSSR count). The standard InChI is InChI=1S/C27H34FN7O4/c1-27(25(37)29-9-3-15-36)16-38-24(39-17-27)23-32-21(18-4-6-19(28)7-5-18)22(33-23)20-8-10-30-26(31-20)35-13-11-34(2)12-14-35/h4-8,10,24,36H,3,9,11-17H2,1-2H3,(H,29,37)(H,32,33). The molecule has 2 aliphatic heterocycles. The Labute approximate surface area is 226 Å². The number of ether oxygens (including phenoxy) is 2. The molecule has 0 radical (unpaired) electrons. The number of hydrogen-bond donors (Lipinski definition) is 3. The molecule has 11 nitrogen and oxygen atoms in total. The van der Waals surface area contributed by atoms with Crippen LogP contribution >= 0.6 is 0 Å². The first-order valence-corrected chi connectivity index (χ1v) is 13.1. The number of aliphatic hydroxyl groups excluding tert-OH is 1. The van der Waals surface area contributed by atoms with Crippen LogP contribution in [-0.2, 0) is 14.3 Å². The molecular weight excluding hydrogens is 505 g/mol. The van der Waals surface area contributed by atoms with Gasteiger partial charge in [0.2, 0.25) is 18.1 Å². The summed E-state index contributed by atoms with van der Waals surface area (Å²) in [6.07, 6.45) is 1.38. The zero-order valence-electron chi connectivity index (χ0n) is 22.2. The number of piperazine rings is 1. The van der Waals surface area contributed by atoms with Crippen LogP contribution in [0.1, 0.15) is 25.5 Å². The van der Waals surface area contributed by atoms with Crippen LogP contribution in [0.5, 0.6) is 0 Å². The number of hydrogen-bond acceptors (Lipinski definition) is 9. The maximum atomic E-state index is 13.7. The summed E-state index contributed by atoms with van der Waals surface area (Å²) >= 11 is 0. The predicted molar refractivity (Wildman–Crippen MR) is 142 cm³/mol. The number of aromatic amines is 1. The Morgan fingerprint density at radius 2 is 1.87 bits per heavy atom. The van der Waals surface area contributed by atoms with Crippen molar-refractivity contribution in [3.05, 3.63) is 48.2 Å². The van der Waals surface area contributed by atoms with Gasteiger partial charge in [-0.1, -0.05) is 0 Å². The van der Waals surface area contributed by atoms with Gasteiger partial charge >= 0.3 is 0 Å². The Morgan fingerprint density at radius 1 is 1.15 bits per heavy atom. The maximum Gasteiger partial charge on any atom is 0.230 e. The van der Waals surface area contributed by atoms with Crippen molar-refractivity contribution < 1.29 is 23.8 Å². The van der Waals surface area contributed by atoms with E-state index in [0.717, 1.165) is 26.2 Å². The van der Waals surface area contributed by atoms with Crippen LogP contribution in [0.4, 0.5) is 10.3 Å². The number of carbonyl (C=O) groups excluding carboxylic acids is 1. The summed E-state index contributed by atoms with van der Waals surface area (Å²) in [5, 5.41) is 11.8. The molecule has 0 bridgehead atoms. The normalized spacial score (nSPS) is 22.2. The maximum absolute atomic E-state index is 13.7. The number of nitrogens with one attached hydrogen (secondary N) is 2. The summed E-state index contributed by atoms with van der Waals surface area (Å²) in [4.78, 5) is 34.5. The number of aromatic nitrogens is 4. The first-order chi connectivity index (χ1) is 18.9. The Morgan fingerprint density at radius 3 is 2.56 bits per heavy atom. The molecule has 208 valence electrons. The fourth-order valence-corrected chi connectivity index (χ4v) is 4.54. The molecule has 3 aromatic rings. The Hall–Kier alpha value is -3.45. The van der Waals surface area contributed by atoms with Gasteiger partial charge in [-0.05, 0) is 50.7 Å². The third-order valence-corrected chi connectivity index (χ3v) is 7.02. The molecule has 0 atom stereocenters. The van der Waals surface area contributed by atoms with Gasteiger partial charge in [0.1, 0.15) is 5.82 Å². The van der Waals surface area contributed by atoms with Crippen LogP contribution in [0.3, 0.4) is 0 Å². The summed E-state index contributed by atoms with van der Waals surface area (Å²) in [7, 11) is 2.09. The third kappa shape index (κ3) is 6.09. The van der Waals surface area contributed by atoms with E-state index < -0.39 is 11.7 Å². The van der Waals surface area contributed by atoms with Crippen molar-refractivity contribution in [2.45, 2.75) is 19.6 Å². The molecule has 1 amide bonds. The molecule has 12 heteroatoms. The van der Waals surface area contributed by atoms with Gasteiger partial charge < -0.3 is 34.7 Å². The van der Waals surface area contributed by atoms with Crippen molar-refractivity contribution in [1.82, 2.24) is 30.2 Å². The highest BCUT2D eigenvalue weighted by atomic mass is 19.1. The summed E-state index contributed by atoms with van der Waals surface area (Å²) < 4.78 is 25.6. The molecule has 0 unspecified atom stereocenters. The lowest BCUT2D eigenvalue weighted by Gasteiger charge is -2.35. The Balaban J connectivity index is 1.41. The van der Waals surface area contributed by atoms with Gasteiger partial charge in [0.25, 0.3) is 0 Å². The number of rotatable bonds is 8. The second-order valence-electron chi connectivity index (χ2n) is 10.2. The zero-order chi connectivity index (χ0) is 27.4. The lowest BCUT2D eigenvalue weighted by Crippen LogP contribution is -2.48. The minimum atomic E-state index is -0.870. The lowest BCUT2D eigenvalue weighted by molar-refractivity contribution is -0.231. The fraction of sp³-hybridized carbons (Fsp3) is 0.481. The van der Waals surface area contributed by atoms with Crippen LogP contribution in [0, 0.1) is 11.2 Å². The van der Waals surface area contributed by atoms with E-state index in [-0.39, 0.29) is 31.5 Å². The van der Waals surface area contributed by atoms with Crippen molar-refractivity contribution in [1.29, 1.82) is 0 Å². The highest BCUT2D eigenvalue weighted by Gasteiger charge is 2.40. The SMILES string of the molecule is CN1CCN(c2nccc(-c3[nH]c(C4OCC(C)(C(=O)NCCCO)CO4)nc3-c3ccc(F)cc3)n2)CC1. The number of aliphatic hydroxyl groups is 1. The van der Waals surface area contributed by atoms with E-state index in [1.165, 1.54) is 12.1 Å². The molecule has 39 heavy (non-hydrogen) atoms. The molecule has 4 heterocycles. The molecule has 3 N–H and O–H groups in total. The Kier molecular flexibility index (Phi) is 8.17.